The van der Waals surface area contributed by atoms with Crippen molar-refractivity contribution in [1.82, 2.24) is 10.2 Å². The van der Waals surface area contributed by atoms with Gasteiger partial charge in [0, 0.05) is 19.1 Å². The smallest absolute Gasteiger partial charge is 0.0596 e. The Bertz CT molecular complexity index is 203. The molecule has 108 valence electrons. The van der Waals surface area contributed by atoms with Crippen LogP contribution in [0.15, 0.2) is 0 Å². The second kappa shape index (κ2) is 8.89. The Morgan fingerprint density at radius 1 is 1.28 bits per heavy atom. The lowest BCUT2D eigenvalue weighted by Crippen LogP contribution is -2.44. The molecule has 1 atom stereocenters. The molecule has 0 bridgehead atoms. The molecule has 1 N–H and O–H groups in total. The fourth-order valence-electron chi connectivity index (χ4n) is 2.87. The van der Waals surface area contributed by atoms with Crippen LogP contribution in [0.5, 0.6) is 0 Å². The zero-order valence-electron chi connectivity index (χ0n) is 12.7. The molecule has 1 unspecified atom stereocenters. The number of nitrogens with one attached hydrogen (secondary N) is 1. The van der Waals surface area contributed by atoms with Crippen LogP contribution in [0.4, 0.5) is 0 Å². The van der Waals surface area contributed by atoms with Gasteiger partial charge in [-0.15, -0.1) is 0 Å². The van der Waals surface area contributed by atoms with Gasteiger partial charge in [-0.3, -0.25) is 0 Å². The van der Waals surface area contributed by atoms with E-state index >= 15 is 0 Å². The summed E-state index contributed by atoms with van der Waals surface area (Å²) in [6.07, 6.45) is 6.01. The number of hydrogen-bond acceptors (Lipinski definition) is 3. The first-order valence-corrected chi connectivity index (χ1v) is 7.67. The molecule has 18 heavy (non-hydrogen) atoms. The molecular weight excluding hydrogens is 224 g/mol. The number of likely N-dealkylation sites (N-methyl/N-ethyl adjacent to an activating group) is 2. The zero-order valence-corrected chi connectivity index (χ0v) is 12.7. The summed E-state index contributed by atoms with van der Waals surface area (Å²) in [7, 11) is 2.21. The topological polar surface area (TPSA) is 24.5 Å². The highest BCUT2D eigenvalue weighted by atomic mass is 16.5. The Morgan fingerprint density at radius 2 is 1.94 bits per heavy atom. The lowest BCUT2D eigenvalue weighted by atomic mass is 9.97. The molecule has 0 aromatic heterocycles. The molecular formula is C15H32N2O. The van der Waals surface area contributed by atoms with E-state index in [0.717, 1.165) is 32.2 Å². The van der Waals surface area contributed by atoms with Gasteiger partial charge in [0.2, 0.25) is 0 Å². The maximum atomic E-state index is 5.62. The molecule has 0 aliphatic heterocycles. The van der Waals surface area contributed by atoms with Crippen LogP contribution in [0.25, 0.3) is 0 Å². The van der Waals surface area contributed by atoms with Crippen LogP contribution >= 0.6 is 0 Å². The summed E-state index contributed by atoms with van der Waals surface area (Å²) in [5.74, 6) is 0.887. The van der Waals surface area contributed by atoms with Gasteiger partial charge < -0.3 is 15.0 Å². The molecule has 1 aliphatic rings. The highest BCUT2D eigenvalue weighted by Gasteiger charge is 2.25. The molecule has 0 aromatic rings. The third-order valence-corrected chi connectivity index (χ3v) is 3.87. The fraction of sp³-hybridized carbons (Fsp3) is 1.00. The summed E-state index contributed by atoms with van der Waals surface area (Å²) in [6.45, 7) is 10.5. The van der Waals surface area contributed by atoms with E-state index in [4.69, 9.17) is 4.74 Å². The Kier molecular flexibility index (Phi) is 7.87. The molecule has 1 aliphatic carbocycles. The number of hydrogen-bond donors (Lipinski definition) is 1. The molecule has 3 nitrogen and oxygen atoms in total. The normalized spacial score (nSPS) is 19.0. The van der Waals surface area contributed by atoms with Crippen molar-refractivity contribution >= 4 is 0 Å². The molecule has 0 heterocycles. The minimum atomic E-state index is 0.345. The van der Waals surface area contributed by atoms with Gasteiger partial charge in [-0.05, 0) is 46.2 Å². The van der Waals surface area contributed by atoms with Crippen LogP contribution < -0.4 is 5.32 Å². The number of rotatable bonds is 9. The third kappa shape index (κ3) is 6.17. The van der Waals surface area contributed by atoms with E-state index in [2.05, 4.69) is 38.0 Å². The fourth-order valence-corrected chi connectivity index (χ4v) is 2.87. The first kappa shape index (κ1) is 15.9. The van der Waals surface area contributed by atoms with E-state index in [0.29, 0.717) is 12.1 Å². The SMILES string of the molecule is CCNC(CN(C)CCOC(C)C)C1CCCC1. The van der Waals surface area contributed by atoms with Gasteiger partial charge in [0.1, 0.15) is 0 Å². The lowest BCUT2D eigenvalue weighted by Gasteiger charge is -2.29. The Morgan fingerprint density at radius 3 is 2.50 bits per heavy atom. The third-order valence-electron chi connectivity index (χ3n) is 3.87. The Hall–Kier alpha value is -0.120. The molecule has 0 spiro atoms. The second-order valence-corrected chi connectivity index (χ2v) is 5.89. The quantitative estimate of drug-likeness (QED) is 0.686. The van der Waals surface area contributed by atoms with Crippen molar-refractivity contribution < 1.29 is 4.74 Å². The van der Waals surface area contributed by atoms with Crippen molar-refractivity contribution in [1.29, 1.82) is 0 Å². The monoisotopic (exact) mass is 256 g/mol. The largest absolute Gasteiger partial charge is 0.377 e. The predicted molar refractivity (Wildman–Crippen MR) is 78.0 cm³/mol. The number of nitrogens with zero attached hydrogens (tertiary/aromatic N) is 1. The van der Waals surface area contributed by atoms with E-state index in [9.17, 15) is 0 Å². The van der Waals surface area contributed by atoms with E-state index in [1.165, 1.54) is 25.7 Å². The molecule has 1 rings (SSSR count). The van der Waals surface area contributed by atoms with Gasteiger partial charge in [0.15, 0.2) is 0 Å². The zero-order chi connectivity index (χ0) is 13.4. The van der Waals surface area contributed by atoms with E-state index in [-0.39, 0.29) is 0 Å². The maximum absolute atomic E-state index is 5.62. The van der Waals surface area contributed by atoms with Gasteiger partial charge in [-0.1, -0.05) is 19.8 Å². The minimum Gasteiger partial charge on any atom is -0.377 e. The van der Waals surface area contributed by atoms with Crippen LogP contribution in [-0.4, -0.2) is 50.3 Å². The molecule has 3 heteroatoms. The van der Waals surface area contributed by atoms with Crippen molar-refractivity contribution in [2.45, 2.75) is 58.6 Å². The van der Waals surface area contributed by atoms with Crippen LogP contribution in [0, 0.1) is 5.92 Å². The van der Waals surface area contributed by atoms with Crippen LogP contribution in [0.1, 0.15) is 46.5 Å². The van der Waals surface area contributed by atoms with Gasteiger partial charge >= 0.3 is 0 Å². The van der Waals surface area contributed by atoms with Crippen molar-refractivity contribution in [2.75, 3.05) is 33.3 Å². The first-order chi connectivity index (χ1) is 8.63. The average molecular weight is 256 g/mol. The Labute approximate surface area is 113 Å². The summed E-state index contributed by atoms with van der Waals surface area (Å²) < 4.78 is 5.62. The van der Waals surface area contributed by atoms with Crippen LogP contribution in [-0.2, 0) is 4.74 Å². The Balaban J connectivity index is 2.25. The summed E-state index contributed by atoms with van der Waals surface area (Å²) in [5, 5.41) is 3.67. The van der Waals surface area contributed by atoms with Crippen molar-refractivity contribution in [3.05, 3.63) is 0 Å². The predicted octanol–water partition coefficient (Wildman–Crippen LogP) is 2.51. The molecule has 0 saturated heterocycles. The van der Waals surface area contributed by atoms with Crippen LogP contribution in [0.2, 0.25) is 0 Å². The average Bonchev–Trinajstić information content (AvgIpc) is 2.81. The summed E-state index contributed by atoms with van der Waals surface area (Å²) in [5.41, 5.74) is 0. The highest BCUT2D eigenvalue weighted by molar-refractivity contribution is 4.82. The van der Waals surface area contributed by atoms with Crippen molar-refractivity contribution in [3.8, 4) is 0 Å². The summed E-state index contributed by atoms with van der Waals surface area (Å²) in [4.78, 5) is 2.41. The van der Waals surface area contributed by atoms with Crippen molar-refractivity contribution in [3.63, 3.8) is 0 Å². The van der Waals surface area contributed by atoms with Crippen molar-refractivity contribution in [2.24, 2.45) is 5.92 Å². The minimum absolute atomic E-state index is 0.345. The summed E-state index contributed by atoms with van der Waals surface area (Å²) >= 11 is 0. The van der Waals surface area contributed by atoms with Gasteiger partial charge in [0.05, 0.1) is 12.7 Å². The molecule has 0 aromatic carbocycles. The molecule has 1 fully saturated rings. The van der Waals surface area contributed by atoms with Crippen LogP contribution in [0.3, 0.4) is 0 Å². The highest BCUT2D eigenvalue weighted by Crippen LogP contribution is 2.27. The molecule has 0 amide bonds. The van der Waals surface area contributed by atoms with E-state index in [1.807, 2.05) is 0 Å². The molecule has 1 saturated carbocycles. The van der Waals surface area contributed by atoms with Gasteiger partial charge in [-0.2, -0.15) is 0 Å². The van der Waals surface area contributed by atoms with E-state index in [1.54, 1.807) is 0 Å². The molecule has 0 radical (unpaired) electrons. The maximum Gasteiger partial charge on any atom is 0.0596 e. The van der Waals surface area contributed by atoms with Gasteiger partial charge in [-0.25, -0.2) is 0 Å². The number of ether oxygens (including phenoxy) is 1. The van der Waals surface area contributed by atoms with Gasteiger partial charge in [0.25, 0.3) is 0 Å². The standard InChI is InChI=1S/C15H32N2O/c1-5-16-15(14-8-6-7-9-14)12-17(4)10-11-18-13(2)3/h13-16H,5-12H2,1-4H3. The first-order valence-electron chi connectivity index (χ1n) is 7.67. The summed E-state index contributed by atoms with van der Waals surface area (Å²) in [6, 6.07) is 0.668. The lowest BCUT2D eigenvalue weighted by molar-refractivity contribution is 0.0609. The second-order valence-electron chi connectivity index (χ2n) is 5.89. The van der Waals surface area contributed by atoms with E-state index < -0.39 is 0 Å².